The summed E-state index contributed by atoms with van der Waals surface area (Å²) in [6, 6.07) is 13.8. The lowest BCUT2D eigenvalue weighted by Gasteiger charge is -2.13. The summed E-state index contributed by atoms with van der Waals surface area (Å²) in [6.45, 7) is 2.84. The van der Waals surface area contributed by atoms with E-state index in [1.807, 2.05) is 24.3 Å². The molecule has 0 radical (unpaired) electrons. The van der Waals surface area contributed by atoms with E-state index in [0.717, 1.165) is 18.1 Å². The third-order valence-corrected chi connectivity index (χ3v) is 3.40. The summed E-state index contributed by atoms with van der Waals surface area (Å²) in [7, 11) is 0. The summed E-state index contributed by atoms with van der Waals surface area (Å²) >= 11 is 0. The van der Waals surface area contributed by atoms with Crippen molar-refractivity contribution in [1.82, 2.24) is 5.32 Å². The van der Waals surface area contributed by atoms with Crippen molar-refractivity contribution in [2.24, 2.45) is 0 Å². The van der Waals surface area contributed by atoms with Gasteiger partial charge in [0.25, 0.3) is 0 Å². The molecular weight excluding hydrogens is 275 g/mol. The summed E-state index contributed by atoms with van der Waals surface area (Å²) in [4.78, 5) is 0. The van der Waals surface area contributed by atoms with Gasteiger partial charge in [0, 0.05) is 13.1 Å². The first kappa shape index (κ1) is 15.6. The fraction of sp³-hybridized carbons (Fsp3) is 0.294. The lowest BCUT2D eigenvalue weighted by molar-refractivity contribution is -0.138. The van der Waals surface area contributed by atoms with E-state index in [-0.39, 0.29) is 12.1 Å². The summed E-state index contributed by atoms with van der Waals surface area (Å²) in [5, 5.41) is 3.07. The monoisotopic (exact) mass is 293 g/mol. The molecule has 112 valence electrons. The van der Waals surface area contributed by atoms with Crippen LogP contribution in [-0.4, -0.2) is 0 Å². The summed E-state index contributed by atoms with van der Waals surface area (Å²) < 4.78 is 38.6. The zero-order valence-electron chi connectivity index (χ0n) is 11.9. The normalized spacial score (nSPS) is 11.6. The Labute approximate surface area is 122 Å². The van der Waals surface area contributed by atoms with Crippen LogP contribution in [0.3, 0.4) is 0 Å². The van der Waals surface area contributed by atoms with Crippen LogP contribution < -0.4 is 5.32 Å². The van der Waals surface area contributed by atoms with E-state index in [0.29, 0.717) is 6.54 Å². The van der Waals surface area contributed by atoms with Crippen LogP contribution in [0, 0.1) is 0 Å². The first-order valence-corrected chi connectivity index (χ1v) is 6.94. The first-order valence-electron chi connectivity index (χ1n) is 6.94. The molecule has 0 saturated heterocycles. The van der Waals surface area contributed by atoms with Gasteiger partial charge in [0.15, 0.2) is 0 Å². The second kappa shape index (κ2) is 6.76. The van der Waals surface area contributed by atoms with Crippen LogP contribution in [0.1, 0.15) is 29.2 Å². The third kappa shape index (κ3) is 4.33. The van der Waals surface area contributed by atoms with Crippen LogP contribution in [-0.2, 0) is 25.7 Å². The smallest absolute Gasteiger partial charge is 0.309 e. The van der Waals surface area contributed by atoms with Gasteiger partial charge in [-0.25, -0.2) is 0 Å². The summed E-state index contributed by atoms with van der Waals surface area (Å²) in [5.74, 6) is 0. The molecular formula is C17H18F3N. The number of aryl methyl sites for hydroxylation is 1. The van der Waals surface area contributed by atoms with Gasteiger partial charge in [0.1, 0.15) is 0 Å². The molecule has 0 atom stereocenters. The van der Waals surface area contributed by atoms with Crippen molar-refractivity contribution >= 4 is 0 Å². The minimum absolute atomic E-state index is 0.200. The maximum Gasteiger partial charge on any atom is 0.416 e. The number of benzene rings is 2. The fourth-order valence-corrected chi connectivity index (χ4v) is 2.19. The molecule has 1 nitrogen and oxygen atoms in total. The number of hydrogen-bond donors (Lipinski definition) is 1. The molecule has 2 rings (SSSR count). The highest BCUT2D eigenvalue weighted by molar-refractivity contribution is 5.29. The van der Waals surface area contributed by atoms with E-state index >= 15 is 0 Å². The van der Waals surface area contributed by atoms with Crippen LogP contribution >= 0.6 is 0 Å². The Bertz CT molecular complexity index is 573. The Morgan fingerprint density at radius 2 is 1.48 bits per heavy atom. The number of hydrogen-bond acceptors (Lipinski definition) is 1. The highest BCUT2D eigenvalue weighted by atomic mass is 19.4. The largest absolute Gasteiger partial charge is 0.416 e. The van der Waals surface area contributed by atoms with Gasteiger partial charge in [0.05, 0.1) is 5.56 Å². The zero-order valence-corrected chi connectivity index (χ0v) is 11.9. The molecule has 0 heterocycles. The Balaban J connectivity index is 1.97. The molecule has 0 fully saturated rings. The van der Waals surface area contributed by atoms with Crippen molar-refractivity contribution in [2.75, 3.05) is 0 Å². The minimum atomic E-state index is -4.30. The number of nitrogens with one attached hydrogen (secondary N) is 1. The Kier molecular flexibility index (Phi) is 5.02. The average Bonchev–Trinajstić information content (AvgIpc) is 2.47. The topological polar surface area (TPSA) is 12.0 Å². The SMILES string of the molecule is CCc1ccc(CNCc2ccccc2C(F)(F)F)cc1. The quantitative estimate of drug-likeness (QED) is 0.852. The maximum absolute atomic E-state index is 12.9. The standard InChI is InChI=1S/C17H18F3N/c1-2-13-7-9-14(10-8-13)11-21-12-15-5-3-4-6-16(15)17(18,19)20/h3-10,21H,2,11-12H2,1H3. The van der Waals surface area contributed by atoms with Gasteiger partial charge in [-0.3, -0.25) is 0 Å². The van der Waals surface area contributed by atoms with Gasteiger partial charge in [-0.2, -0.15) is 13.2 Å². The molecule has 4 heteroatoms. The number of halogens is 3. The minimum Gasteiger partial charge on any atom is -0.309 e. The van der Waals surface area contributed by atoms with Gasteiger partial charge >= 0.3 is 6.18 Å². The van der Waals surface area contributed by atoms with Gasteiger partial charge < -0.3 is 5.32 Å². The van der Waals surface area contributed by atoms with Crippen LogP contribution in [0.25, 0.3) is 0 Å². The van der Waals surface area contributed by atoms with Gasteiger partial charge in [-0.15, -0.1) is 0 Å². The van der Waals surface area contributed by atoms with E-state index in [4.69, 9.17) is 0 Å². The molecule has 0 aliphatic heterocycles. The maximum atomic E-state index is 12.9. The molecule has 0 aliphatic carbocycles. The second-order valence-corrected chi connectivity index (χ2v) is 4.93. The molecule has 0 saturated carbocycles. The molecule has 2 aromatic rings. The molecule has 1 N–H and O–H groups in total. The Morgan fingerprint density at radius 1 is 0.857 bits per heavy atom. The highest BCUT2D eigenvalue weighted by Gasteiger charge is 2.32. The van der Waals surface area contributed by atoms with Crippen molar-refractivity contribution in [3.8, 4) is 0 Å². The van der Waals surface area contributed by atoms with Crippen LogP contribution in [0.2, 0.25) is 0 Å². The predicted octanol–water partition coefficient (Wildman–Crippen LogP) is 4.56. The van der Waals surface area contributed by atoms with Crippen molar-refractivity contribution in [3.05, 3.63) is 70.8 Å². The van der Waals surface area contributed by atoms with E-state index in [1.54, 1.807) is 6.07 Å². The first-order chi connectivity index (χ1) is 10.0. The molecule has 2 aromatic carbocycles. The number of alkyl halides is 3. The predicted molar refractivity (Wildman–Crippen MR) is 77.8 cm³/mol. The Morgan fingerprint density at radius 3 is 2.10 bits per heavy atom. The van der Waals surface area contributed by atoms with Crippen LogP contribution in [0.15, 0.2) is 48.5 Å². The molecule has 0 aliphatic rings. The lowest BCUT2D eigenvalue weighted by atomic mass is 10.1. The van der Waals surface area contributed by atoms with Crippen molar-refractivity contribution in [2.45, 2.75) is 32.6 Å². The number of rotatable bonds is 5. The average molecular weight is 293 g/mol. The lowest BCUT2D eigenvalue weighted by Crippen LogP contribution is -2.17. The second-order valence-electron chi connectivity index (χ2n) is 4.93. The summed E-state index contributed by atoms with van der Waals surface area (Å²) in [5.41, 5.74) is 2.02. The van der Waals surface area contributed by atoms with Gasteiger partial charge in [-0.05, 0) is 29.2 Å². The van der Waals surface area contributed by atoms with Gasteiger partial charge in [0.2, 0.25) is 0 Å². The van der Waals surface area contributed by atoms with E-state index in [9.17, 15) is 13.2 Å². The van der Waals surface area contributed by atoms with Gasteiger partial charge in [-0.1, -0.05) is 49.4 Å². The molecule has 0 aromatic heterocycles. The molecule has 0 spiro atoms. The van der Waals surface area contributed by atoms with Crippen molar-refractivity contribution in [1.29, 1.82) is 0 Å². The highest BCUT2D eigenvalue weighted by Crippen LogP contribution is 2.31. The van der Waals surface area contributed by atoms with Crippen LogP contribution in [0.4, 0.5) is 13.2 Å². The summed E-state index contributed by atoms with van der Waals surface area (Å²) in [6.07, 6.45) is -3.33. The third-order valence-electron chi connectivity index (χ3n) is 3.40. The van der Waals surface area contributed by atoms with E-state index in [1.165, 1.54) is 17.7 Å². The fourth-order valence-electron chi connectivity index (χ4n) is 2.19. The molecule has 0 amide bonds. The Hall–Kier alpha value is -1.81. The zero-order chi connectivity index (χ0) is 15.3. The molecule has 0 unspecified atom stereocenters. The van der Waals surface area contributed by atoms with Crippen molar-refractivity contribution in [3.63, 3.8) is 0 Å². The van der Waals surface area contributed by atoms with Crippen molar-refractivity contribution < 1.29 is 13.2 Å². The van der Waals surface area contributed by atoms with E-state index < -0.39 is 11.7 Å². The van der Waals surface area contributed by atoms with Crippen LogP contribution in [0.5, 0.6) is 0 Å². The molecule has 21 heavy (non-hydrogen) atoms. The molecule has 0 bridgehead atoms. The van der Waals surface area contributed by atoms with E-state index in [2.05, 4.69) is 12.2 Å².